The summed E-state index contributed by atoms with van der Waals surface area (Å²) in [6.45, 7) is 4.02. The molecule has 8 heteroatoms. The van der Waals surface area contributed by atoms with Crippen molar-refractivity contribution >= 4 is 23.6 Å². The Morgan fingerprint density at radius 1 is 1.19 bits per heavy atom. The van der Waals surface area contributed by atoms with E-state index in [1.54, 1.807) is 0 Å². The van der Waals surface area contributed by atoms with Gasteiger partial charge in [-0.1, -0.05) is 44.2 Å². The first-order valence-electron chi connectivity index (χ1n) is 9.08. The third-order valence-electron chi connectivity index (χ3n) is 4.78. The molecule has 3 rings (SSSR count). The van der Waals surface area contributed by atoms with E-state index in [0.29, 0.717) is 6.54 Å². The van der Waals surface area contributed by atoms with E-state index in [1.165, 1.54) is 4.90 Å². The molecule has 2 aliphatic rings. The number of nitrogens with zero attached hydrogens (tertiary/aromatic N) is 1. The summed E-state index contributed by atoms with van der Waals surface area (Å²) in [6.07, 6.45) is 0.0898. The number of carbonyl (C=O) groups is 4. The lowest BCUT2D eigenvalue weighted by Gasteiger charge is -2.45. The minimum absolute atomic E-state index is 0.0919. The second-order valence-electron chi connectivity index (χ2n) is 7.29. The Bertz CT molecular complexity index is 741. The van der Waals surface area contributed by atoms with Gasteiger partial charge in [0.1, 0.15) is 18.2 Å². The molecule has 0 bridgehead atoms. The quantitative estimate of drug-likeness (QED) is 0.563. The van der Waals surface area contributed by atoms with Gasteiger partial charge in [0, 0.05) is 0 Å². The Hall–Kier alpha value is -2.90. The van der Waals surface area contributed by atoms with Crippen molar-refractivity contribution in [1.29, 1.82) is 0 Å². The first-order valence-corrected chi connectivity index (χ1v) is 9.08. The summed E-state index contributed by atoms with van der Waals surface area (Å²) < 4.78 is 0. The number of β-lactam (4-membered cyclic amide) rings is 2. The molecule has 0 aliphatic carbocycles. The van der Waals surface area contributed by atoms with Crippen LogP contribution in [-0.4, -0.2) is 53.3 Å². The Morgan fingerprint density at radius 3 is 2.41 bits per heavy atom. The molecule has 3 atom stereocenters. The van der Waals surface area contributed by atoms with Gasteiger partial charge >= 0.3 is 0 Å². The van der Waals surface area contributed by atoms with Crippen molar-refractivity contribution in [2.75, 3.05) is 6.54 Å². The zero-order valence-electron chi connectivity index (χ0n) is 15.4. The predicted molar refractivity (Wildman–Crippen MR) is 97.1 cm³/mol. The fourth-order valence-electron chi connectivity index (χ4n) is 3.34. The van der Waals surface area contributed by atoms with Crippen molar-refractivity contribution < 1.29 is 19.2 Å². The van der Waals surface area contributed by atoms with Gasteiger partial charge in [-0.25, -0.2) is 0 Å². The molecule has 1 aromatic carbocycles. The van der Waals surface area contributed by atoms with Gasteiger partial charge < -0.3 is 20.9 Å². The van der Waals surface area contributed by atoms with Crippen LogP contribution in [0.2, 0.25) is 0 Å². The number of hydrogen-bond acceptors (Lipinski definition) is 4. The Balaban J connectivity index is 1.52. The van der Waals surface area contributed by atoms with E-state index < -0.39 is 12.1 Å². The topological polar surface area (TPSA) is 108 Å². The second-order valence-corrected chi connectivity index (χ2v) is 7.29. The maximum Gasteiger partial charge on any atom is 0.247 e. The largest absolute Gasteiger partial charge is 0.342 e. The molecule has 3 unspecified atom stereocenters. The molecule has 0 aromatic heterocycles. The van der Waals surface area contributed by atoms with Crippen LogP contribution in [0.4, 0.5) is 0 Å². The lowest BCUT2D eigenvalue weighted by molar-refractivity contribution is -0.156. The Morgan fingerprint density at radius 2 is 1.85 bits per heavy atom. The number of benzene rings is 1. The van der Waals surface area contributed by atoms with Gasteiger partial charge in [0.15, 0.2) is 0 Å². The molecule has 8 nitrogen and oxygen atoms in total. The van der Waals surface area contributed by atoms with Crippen LogP contribution >= 0.6 is 0 Å². The highest BCUT2D eigenvalue weighted by Gasteiger charge is 2.45. The van der Waals surface area contributed by atoms with Gasteiger partial charge in [-0.3, -0.25) is 19.2 Å². The third-order valence-corrected chi connectivity index (χ3v) is 4.78. The van der Waals surface area contributed by atoms with Crippen LogP contribution in [0.25, 0.3) is 0 Å². The number of hydrogen-bond donors (Lipinski definition) is 3. The highest BCUT2D eigenvalue weighted by molar-refractivity contribution is 5.97. The lowest BCUT2D eigenvalue weighted by atomic mass is 9.94. The Kier molecular flexibility index (Phi) is 5.43. The second kappa shape index (κ2) is 7.77. The number of likely N-dealkylation sites (tertiary alicyclic amines) is 1. The van der Waals surface area contributed by atoms with Crippen LogP contribution in [0.15, 0.2) is 30.3 Å². The van der Waals surface area contributed by atoms with E-state index in [4.69, 9.17) is 0 Å². The molecule has 1 aromatic rings. The summed E-state index contributed by atoms with van der Waals surface area (Å²) in [7, 11) is 0. The molecule has 144 valence electrons. The van der Waals surface area contributed by atoms with Crippen molar-refractivity contribution in [3.63, 3.8) is 0 Å². The summed E-state index contributed by atoms with van der Waals surface area (Å²) in [4.78, 5) is 49.5. The highest BCUT2D eigenvalue weighted by atomic mass is 16.2. The van der Waals surface area contributed by atoms with Gasteiger partial charge in [0.05, 0.1) is 19.4 Å². The fourth-order valence-corrected chi connectivity index (χ4v) is 3.34. The van der Waals surface area contributed by atoms with Crippen molar-refractivity contribution in [3.05, 3.63) is 35.9 Å². The molecule has 2 heterocycles. The zero-order chi connectivity index (χ0) is 19.6. The van der Waals surface area contributed by atoms with Gasteiger partial charge in [0.2, 0.25) is 23.6 Å². The number of nitrogens with one attached hydrogen (secondary N) is 3. The average molecular weight is 372 g/mol. The summed E-state index contributed by atoms with van der Waals surface area (Å²) in [5, 5.41) is 8.04. The van der Waals surface area contributed by atoms with Crippen LogP contribution < -0.4 is 16.0 Å². The number of carbonyl (C=O) groups excluding carboxylic acids is 4. The van der Waals surface area contributed by atoms with Gasteiger partial charge in [0.25, 0.3) is 0 Å². The molecule has 27 heavy (non-hydrogen) atoms. The van der Waals surface area contributed by atoms with E-state index in [0.717, 1.165) is 5.56 Å². The van der Waals surface area contributed by atoms with Crippen molar-refractivity contribution in [2.45, 2.75) is 44.9 Å². The molecule has 2 saturated heterocycles. The molecule has 0 radical (unpaired) electrons. The van der Waals surface area contributed by atoms with Crippen molar-refractivity contribution in [3.8, 4) is 0 Å². The third kappa shape index (κ3) is 4.27. The van der Waals surface area contributed by atoms with Crippen molar-refractivity contribution in [1.82, 2.24) is 20.9 Å². The molecule has 0 saturated carbocycles. The predicted octanol–water partition coefficient (Wildman–Crippen LogP) is -0.457. The van der Waals surface area contributed by atoms with Crippen LogP contribution in [0, 0.1) is 5.92 Å². The smallest absolute Gasteiger partial charge is 0.247 e. The molecule has 2 fully saturated rings. The normalized spacial score (nSPS) is 22.4. The first kappa shape index (κ1) is 18.9. The Labute approximate surface area is 157 Å². The molecule has 4 amide bonds. The van der Waals surface area contributed by atoms with E-state index in [1.807, 2.05) is 44.2 Å². The molecule has 0 spiro atoms. The monoisotopic (exact) mass is 372 g/mol. The molecule has 3 N–H and O–H groups in total. The van der Waals surface area contributed by atoms with E-state index in [2.05, 4.69) is 16.0 Å². The average Bonchev–Trinajstić information content (AvgIpc) is 2.59. The summed E-state index contributed by atoms with van der Waals surface area (Å²) >= 11 is 0. The van der Waals surface area contributed by atoms with E-state index in [-0.39, 0.29) is 48.6 Å². The SMILES string of the molecule is CC(C)C(C(=O)NC1CC(=O)N1)N1CC(NC(=O)Cc2ccccc2)C1=O. The fraction of sp³-hybridized carbons (Fsp3) is 0.474. The van der Waals surface area contributed by atoms with Crippen LogP contribution in [-0.2, 0) is 25.6 Å². The van der Waals surface area contributed by atoms with E-state index >= 15 is 0 Å². The summed E-state index contributed by atoms with van der Waals surface area (Å²) in [6, 6.07) is 8.07. The summed E-state index contributed by atoms with van der Waals surface area (Å²) in [5.41, 5.74) is 0.876. The standard InChI is InChI=1S/C19H24N4O4/c1-11(2)17(18(26)22-14-9-16(25)21-14)23-10-13(19(23)27)20-15(24)8-12-6-4-3-5-7-12/h3-7,11,13-14,17H,8-10H2,1-2H3,(H,20,24)(H,21,25)(H,22,26). The number of rotatable bonds is 7. The summed E-state index contributed by atoms with van der Waals surface area (Å²) in [5.74, 6) is -0.976. The van der Waals surface area contributed by atoms with Crippen LogP contribution in [0.3, 0.4) is 0 Å². The molecular weight excluding hydrogens is 348 g/mol. The lowest BCUT2D eigenvalue weighted by Crippen LogP contribution is -2.71. The van der Waals surface area contributed by atoms with Crippen molar-refractivity contribution in [2.24, 2.45) is 5.92 Å². The maximum absolute atomic E-state index is 12.5. The molecular formula is C19H24N4O4. The minimum Gasteiger partial charge on any atom is -0.342 e. The first-order chi connectivity index (χ1) is 12.8. The zero-order valence-corrected chi connectivity index (χ0v) is 15.4. The van der Waals surface area contributed by atoms with E-state index in [9.17, 15) is 19.2 Å². The van der Waals surface area contributed by atoms with Crippen LogP contribution in [0.1, 0.15) is 25.8 Å². The maximum atomic E-state index is 12.5. The van der Waals surface area contributed by atoms with Gasteiger partial charge in [-0.2, -0.15) is 0 Å². The number of amides is 4. The minimum atomic E-state index is -0.628. The highest BCUT2D eigenvalue weighted by Crippen LogP contribution is 2.21. The van der Waals surface area contributed by atoms with Crippen LogP contribution in [0.5, 0.6) is 0 Å². The van der Waals surface area contributed by atoms with Gasteiger partial charge in [-0.05, 0) is 11.5 Å². The molecule has 2 aliphatic heterocycles. The van der Waals surface area contributed by atoms with Gasteiger partial charge in [-0.15, -0.1) is 0 Å².